The third kappa shape index (κ3) is 3.52. The van der Waals surface area contributed by atoms with Gasteiger partial charge in [-0.2, -0.15) is 0 Å². The Kier molecular flexibility index (Phi) is 4.58. The molecule has 1 saturated heterocycles. The number of rotatable bonds is 3. The van der Waals surface area contributed by atoms with Crippen molar-refractivity contribution in [3.05, 3.63) is 0 Å². The summed E-state index contributed by atoms with van der Waals surface area (Å²) < 4.78 is 10.7. The summed E-state index contributed by atoms with van der Waals surface area (Å²) >= 11 is 0. The van der Waals surface area contributed by atoms with E-state index >= 15 is 0 Å². The van der Waals surface area contributed by atoms with E-state index in [1.807, 2.05) is 0 Å². The van der Waals surface area contributed by atoms with Crippen molar-refractivity contribution in [2.45, 2.75) is 32.4 Å². The Hall–Kier alpha value is -0.120. The number of ether oxygens (including phenoxy) is 2. The fraction of sp³-hybridized carbons (Fsp3) is 1.00. The van der Waals surface area contributed by atoms with Crippen molar-refractivity contribution in [3.8, 4) is 0 Å². The second-order valence-electron chi connectivity index (χ2n) is 3.32. The van der Waals surface area contributed by atoms with Gasteiger partial charge >= 0.3 is 0 Å². The topological polar surface area (TPSA) is 30.5 Å². The van der Waals surface area contributed by atoms with E-state index in [0.29, 0.717) is 12.1 Å². The molecule has 3 heteroatoms. The van der Waals surface area contributed by atoms with Crippen molar-refractivity contribution in [1.29, 1.82) is 0 Å². The second-order valence-corrected chi connectivity index (χ2v) is 3.32. The normalized spacial score (nSPS) is 23.5. The third-order valence-electron chi connectivity index (χ3n) is 2.14. The molecular weight excluding hydrogens is 154 g/mol. The summed E-state index contributed by atoms with van der Waals surface area (Å²) in [6.45, 7) is 7.40. The van der Waals surface area contributed by atoms with Crippen molar-refractivity contribution >= 4 is 0 Å². The maximum absolute atomic E-state index is 5.36. The molecular formula is C9H19NO2. The summed E-state index contributed by atoms with van der Waals surface area (Å²) in [7, 11) is 0. The van der Waals surface area contributed by atoms with Crippen molar-refractivity contribution in [2.24, 2.45) is 0 Å². The highest BCUT2D eigenvalue weighted by atomic mass is 16.5. The van der Waals surface area contributed by atoms with E-state index in [1.165, 1.54) is 0 Å². The van der Waals surface area contributed by atoms with E-state index in [-0.39, 0.29) is 0 Å². The molecule has 0 radical (unpaired) electrons. The molecule has 1 aliphatic rings. The van der Waals surface area contributed by atoms with E-state index in [4.69, 9.17) is 9.47 Å². The van der Waals surface area contributed by atoms with Crippen LogP contribution in [0, 0.1) is 0 Å². The SMILES string of the molecule is CCC(C)NC1COCCOC1. The number of hydrogen-bond acceptors (Lipinski definition) is 3. The number of nitrogens with one attached hydrogen (secondary N) is 1. The first-order valence-electron chi connectivity index (χ1n) is 4.74. The molecule has 1 heterocycles. The molecule has 0 aromatic heterocycles. The minimum Gasteiger partial charge on any atom is -0.377 e. The highest BCUT2D eigenvalue weighted by molar-refractivity contribution is 4.71. The molecule has 1 atom stereocenters. The van der Waals surface area contributed by atoms with Gasteiger partial charge in [0.15, 0.2) is 0 Å². The molecule has 12 heavy (non-hydrogen) atoms. The standard InChI is InChI=1S/C9H19NO2/c1-3-8(2)10-9-6-11-4-5-12-7-9/h8-10H,3-7H2,1-2H3. The van der Waals surface area contributed by atoms with Crippen LogP contribution in [0.4, 0.5) is 0 Å². The van der Waals surface area contributed by atoms with Crippen LogP contribution in [0.25, 0.3) is 0 Å². The molecule has 1 N–H and O–H groups in total. The average molecular weight is 173 g/mol. The predicted molar refractivity (Wildman–Crippen MR) is 48.3 cm³/mol. The Bertz CT molecular complexity index is 111. The average Bonchev–Trinajstić information content (AvgIpc) is 2.33. The maximum atomic E-state index is 5.36. The van der Waals surface area contributed by atoms with E-state index in [9.17, 15) is 0 Å². The number of hydrogen-bond donors (Lipinski definition) is 1. The minimum atomic E-state index is 0.377. The molecule has 72 valence electrons. The molecule has 1 rings (SSSR count). The van der Waals surface area contributed by atoms with Crippen LogP contribution >= 0.6 is 0 Å². The zero-order valence-electron chi connectivity index (χ0n) is 8.01. The molecule has 1 unspecified atom stereocenters. The lowest BCUT2D eigenvalue weighted by Crippen LogP contribution is -2.41. The monoisotopic (exact) mass is 173 g/mol. The van der Waals surface area contributed by atoms with Gasteiger partial charge in [0.2, 0.25) is 0 Å². The van der Waals surface area contributed by atoms with Crippen molar-refractivity contribution in [3.63, 3.8) is 0 Å². The van der Waals surface area contributed by atoms with Crippen LogP contribution in [0.15, 0.2) is 0 Å². The van der Waals surface area contributed by atoms with Gasteiger partial charge in [0.25, 0.3) is 0 Å². The first-order valence-corrected chi connectivity index (χ1v) is 4.74. The quantitative estimate of drug-likeness (QED) is 0.684. The fourth-order valence-corrected chi connectivity index (χ4v) is 1.23. The highest BCUT2D eigenvalue weighted by Crippen LogP contribution is 1.98. The van der Waals surface area contributed by atoms with Gasteiger partial charge in [-0.25, -0.2) is 0 Å². The van der Waals surface area contributed by atoms with Crippen LogP contribution in [-0.4, -0.2) is 38.5 Å². The Balaban J connectivity index is 2.20. The molecule has 1 fully saturated rings. The summed E-state index contributed by atoms with van der Waals surface area (Å²) in [6, 6.07) is 0.933. The summed E-state index contributed by atoms with van der Waals surface area (Å²) in [4.78, 5) is 0. The second kappa shape index (κ2) is 5.51. The third-order valence-corrected chi connectivity index (χ3v) is 2.14. The molecule has 0 spiro atoms. The fourth-order valence-electron chi connectivity index (χ4n) is 1.23. The van der Waals surface area contributed by atoms with Gasteiger partial charge in [0.05, 0.1) is 32.5 Å². The summed E-state index contributed by atoms with van der Waals surface area (Å²) in [5, 5.41) is 3.46. The van der Waals surface area contributed by atoms with Gasteiger partial charge in [0, 0.05) is 6.04 Å². The summed E-state index contributed by atoms with van der Waals surface area (Å²) in [5.74, 6) is 0. The molecule has 0 bridgehead atoms. The van der Waals surface area contributed by atoms with E-state index in [1.54, 1.807) is 0 Å². The van der Waals surface area contributed by atoms with Crippen LogP contribution in [0.5, 0.6) is 0 Å². The van der Waals surface area contributed by atoms with Gasteiger partial charge in [-0.15, -0.1) is 0 Å². The molecule has 1 aliphatic heterocycles. The molecule has 0 aliphatic carbocycles. The Morgan fingerprint density at radius 1 is 1.33 bits per heavy atom. The van der Waals surface area contributed by atoms with Gasteiger partial charge < -0.3 is 14.8 Å². The lowest BCUT2D eigenvalue weighted by molar-refractivity contribution is 0.103. The van der Waals surface area contributed by atoms with Crippen LogP contribution < -0.4 is 5.32 Å². The maximum Gasteiger partial charge on any atom is 0.0701 e. The minimum absolute atomic E-state index is 0.377. The van der Waals surface area contributed by atoms with Crippen LogP contribution in [0.3, 0.4) is 0 Å². The molecule has 3 nitrogen and oxygen atoms in total. The smallest absolute Gasteiger partial charge is 0.0701 e. The predicted octanol–water partition coefficient (Wildman–Crippen LogP) is 0.790. The summed E-state index contributed by atoms with van der Waals surface area (Å²) in [5.41, 5.74) is 0. The molecule has 0 saturated carbocycles. The first-order chi connectivity index (χ1) is 5.83. The Morgan fingerprint density at radius 3 is 2.42 bits per heavy atom. The zero-order chi connectivity index (χ0) is 8.81. The van der Waals surface area contributed by atoms with Crippen LogP contribution in [-0.2, 0) is 9.47 Å². The van der Waals surface area contributed by atoms with E-state index in [2.05, 4.69) is 19.2 Å². The van der Waals surface area contributed by atoms with Crippen LogP contribution in [0.2, 0.25) is 0 Å². The van der Waals surface area contributed by atoms with Crippen LogP contribution in [0.1, 0.15) is 20.3 Å². The van der Waals surface area contributed by atoms with Crippen molar-refractivity contribution in [2.75, 3.05) is 26.4 Å². The largest absolute Gasteiger partial charge is 0.377 e. The summed E-state index contributed by atoms with van der Waals surface area (Å²) in [6.07, 6.45) is 1.15. The van der Waals surface area contributed by atoms with E-state index < -0.39 is 0 Å². The van der Waals surface area contributed by atoms with Gasteiger partial charge in [-0.05, 0) is 13.3 Å². The molecule has 0 amide bonds. The molecule has 0 aromatic carbocycles. The lowest BCUT2D eigenvalue weighted by Gasteiger charge is -2.19. The lowest BCUT2D eigenvalue weighted by atomic mass is 10.2. The first kappa shape index (κ1) is 9.96. The molecule has 0 aromatic rings. The van der Waals surface area contributed by atoms with Crippen molar-refractivity contribution in [1.82, 2.24) is 5.32 Å². The van der Waals surface area contributed by atoms with Gasteiger partial charge in [0.1, 0.15) is 0 Å². The Labute approximate surface area is 74.4 Å². The van der Waals surface area contributed by atoms with Crippen molar-refractivity contribution < 1.29 is 9.47 Å². The van der Waals surface area contributed by atoms with Gasteiger partial charge in [-0.3, -0.25) is 0 Å². The zero-order valence-corrected chi connectivity index (χ0v) is 8.01. The Morgan fingerprint density at radius 2 is 1.92 bits per heavy atom. The van der Waals surface area contributed by atoms with Gasteiger partial charge in [-0.1, -0.05) is 6.92 Å². The van der Waals surface area contributed by atoms with E-state index in [0.717, 1.165) is 32.8 Å². The highest BCUT2D eigenvalue weighted by Gasteiger charge is 2.13.